The Bertz CT molecular complexity index is 843. The summed E-state index contributed by atoms with van der Waals surface area (Å²) in [6.45, 7) is 1.39. The molecule has 9 heteroatoms. The van der Waals surface area contributed by atoms with Gasteiger partial charge in [0.05, 0.1) is 12.7 Å². The summed E-state index contributed by atoms with van der Waals surface area (Å²) in [5.74, 6) is -6.07. The zero-order valence-corrected chi connectivity index (χ0v) is 14.6. The lowest BCUT2D eigenvalue weighted by molar-refractivity contribution is -0.885. The number of halogens is 4. The highest BCUT2D eigenvalue weighted by atomic mass is 19.2. The smallest absolute Gasteiger partial charge is 0.282 e. The lowest BCUT2D eigenvalue weighted by atomic mass is 10.2. The molecule has 0 saturated heterocycles. The molecule has 0 aliphatic heterocycles. The van der Waals surface area contributed by atoms with Crippen LogP contribution in [0.3, 0.4) is 0 Å². The third-order valence-electron chi connectivity index (χ3n) is 3.99. The van der Waals surface area contributed by atoms with Gasteiger partial charge >= 0.3 is 0 Å². The predicted octanol–water partition coefficient (Wildman–Crippen LogP) is 1.72. The van der Waals surface area contributed by atoms with Crippen LogP contribution < -0.4 is 15.5 Å². The molecule has 27 heavy (non-hydrogen) atoms. The van der Waals surface area contributed by atoms with Gasteiger partial charge in [0.15, 0.2) is 30.0 Å². The van der Waals surface area contributed by atoms with Crippen LogP contribution >= 0.6 is 0 Å². The van der Waals surface area contributed by atoms with E-state index in [1.165, 1.54) is 31.2 Å². The number of carbonyl (C=O) groups excluding carboxylic acids is 2. The summed E-state index contributed by atoms with van der Waals surface area (Å²) in [6.07, 6.45) is 0. The van der Waals surface area contributed by atoms with Crippen LogP contribution in [0.5, 0.6) is 0 Å². The van der Waals surface area contributed by atoms with E-state index < -0.39 is 46.8 Å². The maximum atomic E-state index is 13.6. The molecule has 2 atom stereocenters. The Morgan fingerprint density at radius 3 is 2.22 bits per heavy atom. The highest BCUT2D eigenvalue weighted by molar-refractivity contribution is 5.94. The Balaban J connectivity index is 1.94. The van der Waals surface area contributed by atoms with Crippen molar-refractivity contribution in [1.29, 1.82) is 0 Å². The molecule has 1 unspecified atom stereocenters. The fourth-order valence-corrected chi connectivity index (χ4v) is 2.23. The van der Waals surface area contributed by atoms with Gasteiger partial charge < -0.3 is 15.5 Å². The van der Waals surface area contributed by atoms with E-state index in [9.17, 15) is 27.2 Å². The van der Waals surface area contributed by atoms with Gasteiger partial charge in [-0.2, -0.15) is 0 Å². The number of anilines is 2. The summed E-state index contributed by atoms with van der Waals surface area (Å²) in [7, 11) is 1.57. The summed E-state index contributed by atoms with van der Waals surface area (Å²) in [5, 5.41) is 4.73. The van der Waals surface area contributed by atoms with Gasteiger partial charge in [-0.3, -0.25) is 9.59 Å². The van der Waals surface area contributed by atoms with Crippen molar-refractivity contribution in [2.24, 2.45) is 0 Å². The van der Waals surface area contributed by atoms with Crippen molar-refractivity contribution in [2.75, 3.05) is 24.2 Å². The van der Waals surface area contributed by atoms with Crippen LogP contribution in [0.4, 0.5) is 28.9 Å². The summed E-state index contributed by atoms with van der Waals surface area (Å²) in [6, 6.07) is 5.99. The first-order valence-corrected chi connectivity index (χ1v) is 8.01. The van der Waals surface area contributed by atoms with Crippen molar-refractivity contribution < 1.29 is 32.1 Å². The molecule has 2 aromatic rings. The molecule has 0 radical (unpaired) electrons. The zero-order chi connectivity index (χ0) is 20.1. The van der Waals surface area contributed by atoms with Crippen LogP contribution in [-0.2, 0) is 9.59 Å². The molecule has 2 rings (SSSR count). The molecule has 0 fully saturated rings. The standard InChI is InChI=1S/C18H17F4N3O2/c1-10(18(27)24-14-8-7-13(20)16(21)17(14)22)25(2)9-15(26)23-12-5-3-11(19)4-6-12/h3-8,10H,9H2,1-2H3,(H,23,26)(H,24,27)/p+1/t10-/m0/s1. The Labute approximate surface area is 153 Å². The van der Waals surface area contributed by atoms with Crippen molar-refractivity contribution >= 4 is 23.2 Å². The van der Waals surface area contributed by atoms with Crippen molar-refractivity contribution in [1.82, 2.24) is 0 Å². The summed E-state index contributed by atoms with van der Waals surface area (Å²) in [5.41, 5.74) is -0.0931. The minimum Gasteiger partial charge on any atom is -0.321 e. The van der Waals surface area contributed by atoms with Gasteiger partial charge in [-0.25, -0.2) is 17.6 Å². The SMILES string of the molecule is C[C@@H](C(=O)Nc1ccc(F)c(F)c1F)[NH+](C)CC(=O)Nc1ccc(F)cc1. The molecule has 0 bridgehead atoms. The van der Waals surface area contributed by atoms with E-state index >= 15 is 0 Å². The first kappa shape index (κ1) is 20.4. The maximum Gasteiger partial charge on any atom is 0.282 e. The average Bonchev–Trinajstić information content (AvgIpc) is 2.63. The molecule has 0 aliphatic rings. The number of likely N-dealkylation sites (N-methyl/N-ethyl adjacent to an activating group) is 1. The minimum absolute atomic E-state index is 0.105. The fraction of sp³-hybridized carbons (Fsp3) is 0.222. The van der Waals surface area contributed by atoms with E-state index in [-0.39, 0.29) is 6.54 Å². The molecular formula is C18H18F4N3O2+. The molecule has 3 N–H and O–H groups in total. The number of hydrogen-bond acceptors (Lipinski definition) is 2. The molecule has 5 nitrogen and oxygen atoms in total. The van der Waals surface area contributed by atoms with Gasteiger partial charge in [0, 0.05) is 5.69 Å². The highest BCUT2D eigenvalue weighted by Gasteiger charge is 2.25. The van der Waals surface area contributed by atoms with Gasteiger partial charge in [0.2, 0.25) is 0 Å². The van der Waals surface area contributed by atoms with Crippen molar-refractivity contribution in [2.45, 2.75) is 13.0 Å². The van der Waals surface area contributed by atoms with Crippen LogP contribution in [0, 0.1) is 23.3 Å². The zero-order valence-electron chi connectivity index (χ0n) is 14.6. The molecule has 0 saturated carbocycles. The minimum atomic E-state index is -1.68. The average molecular weight is 384 g/mol. The lowest BCUT2D eigenvalue weighted by Gasteiger charge is -2.20. The second-order valence-corrected chi connectivity index (χ2v) is 6.01. The summed E-state index contributed by atoms with van der Waals surface area (Å²) in [4.78, 5) is 24.7. The van der Waals surface area contributed by atoms with E-state index in [4.69, 9.17) is 0 Å². The summed E-state index contributed by atoms with van der Waals surface area (Å²) < 4.78 is 52.6. The van der Waals surface area contributed by atoms with E-state index in [0.29, 0.717) is 16.7 Å². The number of benzene rings is 2. The Kier molecular flexibility index (Phi) is 6.51. The largest absolute Gasteiger partial charge is 0.321 e. The van der Waals surface area contributed by atoms with Crippen LogP contribution in [0.2, 0.25) is 0 Å². The monoisotopic (exact) mass is 384 g/mol. The van der Waals surface area contributed by atoms with Crippen molar-refractivity contribution in [3.63, 3.8) is 0 Å². The number of hydrogen-bond donors (Lipinski definition) is 3. The highest BCUT2D eigenvalue weighted by Crippen LogP contribution is 2.19. The Morgan fingerprint density at radius 1 is 0.963 bits per heavy atom. The van der Waals surface area contributed by atoms with Crippen LogP contribution in [0.25, 0.3) is 0 Å². The van der Waals surface area contributed by atoms with Crippen LogP contribution in [-0.4, -0.2) is 31.4 Å². The van der Waals surface area contributed by atoms with Gasteiger partial charge in [-0.05, 0) is 43.3 Å². The molecule has 2 amide bonds. The van der Waals surface area contributed by atoms with Gasteiger partial charge in [-0.15, -0.1) is 0 Å². The molecule has 0 heterocycles. The third kappa shape index (κ3) is 5.27. The van der Waals surface area contributed by atoms with Gasteiger partial charge in [0.1, 0.15) is 5.82 Å². The second-order valence-electron chi connectivity index (χ2n) is 6.01. The number of rotatable bonds is 6. The topological polar surface area (TPSA) is 62.6 Å². The quantitative estimate of drug-likeness (QED) is 0.525. The molecule has 144 valence electrons. The number of amides is 2. The van der Waals surface area contributed by atoms with Crippen molar-refractivity contribution in [3.8, 4) is 0 Å². The maximum absolute atomic E-state index is 13.6. The van der Waals surface area contributed by atoms with Gasteiger partial charge in [-0.1, -0.05) is 0 Å². The molecule has 0 spiro atoms. The molecule has 0 aliphatic carbocycles. The Morgan fingerprint density at radius 2 is 1.59 bits per heavy atom. The number of carbonyl (C=O) groups is 2. The fourth-order valence-electron chi connectivity index (χ4n) is 2.23. The van der Waals surface area contributed by atoms with Crippen molar-refractivity contribution in [3.05, 3.63) is 59.7 Å². The normalized spacial score (nSPS) is 13.0. The second kappa shape index (κ2) is 8.63. The van der Waals surface area contributed by atoms with E-state index in [1.54, 1.807) is 7.05 Å². The molecule has 2 aromatic carbocycles. The first-order chi connectivity index (χ1) is 12.7. The summed E-state index contributed by atoms with van der Waals surface area (Å²) >= 11 is 0. The van der Waals surface area contributed by atoms with E-state index in [1.807, 2.05) is 0 Å². The lowest BCUT2D eigenvalue weighted by Crippen LogP contribution is -3.14. The first-order valence-electron chi connectivity index (χ1n) is 8.01. The van der Waals surface area contributed by atoms with E-state index in [0.717, 1.165) is 6.07 Å². The van der Waals surface area contributed by atoms with Gasteiger partial charge in [0.25, 0.3) is 11.8 Å². The number of quaternary nitrogens is 1. The Hall–Kier alpha value is -2.94. The number of nitrogens with one attached hydrogen (secondary N) is 3. The predicted molar refractivity (Wildman–Crippen MR) is 91.2 cm³/mol. The molecular weight excluding hydrogens is 366 g/mol. The van der Waals surface area contributed by atoms with E-state index in [2.05, 4.69) is 10.6 Å². The third-order valence-corrected chi connectivity index (χ3v) is 3.99. The molecule has 0 aromatic heterocycles. The van der Waals surface area contributed by atoms with Crippen LogP contribution in [0.1, 0.15) is 6.92 Å². The van der Waals surface area contributed by atoms with Crippen LogP contribution in [0.15, 0.2) is 36.4 Å².